The fourth-order valence-corrected chi connectivity index (χ4v) is 3.16. The molecule has 1 fully saturated rings. The zero-order valence-corrected chi connectivity index (χ0v) is 14.4. The summed E-state index contributed by atoms with van der Waals surface area (Å²) in [4.78, 5) is 11.9. The van der Waals surface area contributed by atoms with E-state index in [0.717, 1.165) is 11.8 Å². The molecule has 2 N–H and O–H groups in total. The number of hydrogen-bond acceptors (Lipinski definition) is 5. The van der Waals surface area contributed by atoms with Crippen molar-refractivity contribution in [3.05, 3.63) is 29.3 Å². The Labute approximate surface area is 141 Å². The number of nitrogens with zero attached hydrogens (tertiary/aromatic N) is 2. The standard InChI is InChI=1S/C15H20N4O4S/c1-11-3-4-13(7-12(11)8-16)18-15(20)17-9-14-10-19(5-6-23-14)24(2,21)22/h3-4,7,14H,5-6,9-10H2,1-2H3,(H2,17,18,20)/t14-/m0/s1. The Morgan fingerprint density at radius 3 is 2.92 bits per heavy atom. The van der Waals surface area contributed by atoms with Crippen molar-refractivity contribution < 1.29 is 17.9 Å². The minimum atomic E-state index is -3.26. The Morgan fingerprint density at radius 2 is 2.25 bits per heavy atom. The molecule has 2 amide bonds. The van der Waals surface area contributed by atoms with Gasteiger partial charge in [0.05, 0.1) is 30.6 Å². The maximum atomic E-state index is 11.9. The molecule has 1 aliphatic rings. The number of nitrogens with one attached hydrogen (secondary N) is 2. The van der Waals surface area contributed by atoms with Gasteiger partial charge < -0.3 is 15.4 Å². The first-order valence-electron chi connectivity index (χ1n) is 7.42. The van der Waals surface area contributed by atoms with E-state index in [9.17, 15) is 13.2 Å². The van der Waals surface area contributed by atoms with Gasteiger partial charge in [0, 0.05) is 25.3 Å². The first-order valence-corrected chi connectivity index (χ1v) is 9.27. The number of hydrogen-bond donors (Lipinski definition) is 2. The summed E-state index contributed by atoms with van der Waals surface area (Å²) < 4.78 is 29.9. The van der Waals surface area contributed by atoms with Crippen molar-refractivity contribution in [3.8, 4) is 6.07 Å². The number of ether oxygens (including phenoxy) is 1. The molecule has 0 spiro atoms. The van der Waals surface area contributed by atoms with Crippen molar-refractivity contribution in [1.29, 1.82) is 5.26 Å². The smallest absolute Gasteiger partial charge is 0.319 e. The SMILES string of the molecule is Cc1ccc(NC(=O)NC[C@H]2CN(S(C)(=O)=O)CCO2)cc1C#N. The number of morpholine rings is 1. The molecule has 130 valence electrons. The Hall–Kier alpha value is -2.15. The van der Waals surface area contributed by atoms with Crippen LogP contribution in [0.3, 0.4) is 0 Å². The van der Waals surface area contributed by atoms with Crippen LogP contribution in [0, 0.1) is 18.3 Å². The number of nitriles is 1. The molecule has 1 heterocycles. The van der Waals surface area contributed by atoms with Crippen LogP contribution in [0.2, 0.25) is 0 Å². The van der Waals surface area contributed by atoms with Gasteiger partial charge in [-0.2, -0.15) is 9.57 Å². The van der Waals surface area contributed by atoms with Crippen LogP contribution in [0.5, 0.6) is 0 Å². The molecule has 1 aliphatic heterocycles. The second-order valence-corrected chi connectivity index (χ2v) is 7.57. The predicted molar refractivity (Wildman–Crippen MR) is 89.1 cm³/mol. The Morgan fingerprint density at radius 1 is 1.50 bits per heavy atom. The number of aryl methyl sites for hydroxylation is 1. The monoisotopic (exact) mass is 352 g/mol. The molecule has 0 unspecified atom stereocenters. The molecule has 9 heteroatoms. The summed E-state index contributed by atoms with van der Waals surface area (Å²) in [5, 5.41) is 14.3. The zero-order valence-electron chi connectivity index (χ0n) is 13.6. The molecule has 0 radical (unpaired) electrons. The van der Waals surface area contributed by atoms with Crippen LogP contribution in [-0.2, 0) is 14.8 Å². The third-order valence-corrected chi connectivity index (χ3v) is 4.95. The van der Waals surface area contributed by atoms with E-state index in [-0.39, 0.29) is 13.1 Å². The fraction of sp³-hybridized carbons (Fsp3) is 0.467. The first-order chi connectivity index (χ1) is 11.3. The van der Waals surface area contributed by atoms with E-state index in [0.29, 0.717) is 24.4 Å². The van der Waals surface area contributed by atoms with Gasteiger partial charge in [-0.15, -0.1) is 0 Å². The number of sulfonamides is 1. The van der Waals surface area contributed by atoms with Crippen molar-refractivity contribution >= 4 is 21.7 Å². The van der Waals surface area contributed by atoms with Crippen molar-refractivity contribution in [3.63, 3.8) is 0 Å². The Bertz CT molecular complexity index is 757. The summed E-state index contributed by atoms with van der Waals surface area (Å²) in [5.74, 6) is 0. The first kappa shape index (κ1) is 18.2. The summed E-state index contributed by atoms with van der Waals surface area (Å²) in [5.41, 5.74) is 1.84. The highest BCUT2D eigenvalue weighted by Crippen LogP contribution is 2.14. The minimum absolute atomic E-state index is 0.189. The van der Waals surface area contributed by atoms with Gasteiger partial charge in [0.25, 0.3) is 0 Å². The number of carbonyl (C=O) groups is 1. The van der Waals surface area contributed by atoms with Crippen LogP contribution < -0.4 is 10.6 Å². The van der Waals surface area contributed by atoms with Gasteiger partial charge in [-0.25, -0.2) is 13.2 Å². The van der Waals surface area contributed by atoms with E-state index in [2.05, 4.69) is 16.7 Å². The average molecular weight is 352 g/mol. The maximum absolute atomic E-state index is 11.9. The number of amides is 2. The Kier molecular flexibility index (Phi) is 5.77. The summed E-state index contributed by atoms with van der Waals surface area (Å²) in [7, 11) is -3.26. The van der Waals surface area contributed by atoms with Gasteiger partial charge in [-0.05, 0) is 24.6 Å². The van der Waals surface area contributed by atoms with E-state index in [1.807, 2.05) is 6.92 Å². The van der Waals surface area contributed by atoms with E-state index in [1.54, 1.807) is 18.2 Å². The zero-order chi connectivity index (χ0) is 17.7. The van der Waals surface area contributed by atoms with Crippen LogP contribution in [0.25, 0.3) is 0 Å². The number of urea groups is 1. The number of rotatable bonds is 4. The fourth-order valence-electron chi connectivity index (χ4n) is 2.32. The van der Waals surface area contributed by atoms with Crippen LogP contribution in [-0.4, -0.2) is 57.4 Å². The van der Waals surface area contributed by atoms with Gasteiger partial charge in [0.1, 0.15) is 0 Å². The molecule has 0 bridgehead atoms. The van der Waals surface area contributed by atoms with Gasteiger partial charge in [-0.3, -0.25) is 0 Å². The third-order valence-electron chi connectivity index (χ3n) is 3.68. The minimum Gasteiger partial charge on any atom is -0.374 e. The number of carbonyl (C=O) groups excluding carboxylic acids is 1. The second kappa shape index (κ2) is 7.61. The Balaban J connectivity index is 1.86. The lowest BCUT2D eigenvalue weighted by atomic mass is 10.1. The van der Waals surface area contributed by atoms with E-state index in [1.165, 1.54) is 4.31 Å². The number of anilines is 1. The van der Waals surface area contributed by atoms with Crippen molar-refractivity contribution in [2.75, 3.05) is 37.8 Å². The molecular formula is C15H20N4O4S. The second-order valence-electron chi connectivity index (χ2n) is 5.59. The largest absolute Gasteiger partial charge is 0.374 e. The molecule has 1 aromatic carbocycles. The molecule has 1 atom stereocenters. The molecule has 24 heavy (non-hydrogen) atoms. The molecule has 1 aromatic rings. The summed E-state index contributed by atoms with van der Waals surface area (Å²) in [6.45, 7) is 2.83. The van der Waals surface area contributed by atoms with Gasteiger partial charge in [0.2, 0.25) is 10.0 Å². The van der Waals surface area contributed by atoms with E-state index >= 15 is 0 Å². The van der Waals surface area contributed by atoms with Gasteiger partial charge >= 0.3 is 6.03 Å². The molecule has 8 nitrogen and oxygen atoms in total. The molecular weight excluding hydrogens is 332 g/mol. The lowest BCUT2D eigenvalue weighted by Gasteiger charge is -2.31. The van der Waals surface area contributed by atoms with Crippen LogP contribution >= 0.6 is 0 Å². The maximum Gasteiger partial charge on any atom is 0.319 e. The quantitative estimate of drug-likeness (QED) is 0.826. The van der Waals surface area contributed by atoms with E-state index in [4.69, 9.17) is 10.00 Å². The van der Waals surface area contributed by atoms with Crippen LogP contribution in [0.15, 0.2) is 18.2 Å². The highest BCUT2D eigenvalue weighted by atomic mass is 32.2. The summed E-state index contributed by atoms with van der Waals surface area (Å²) >= 11 is 0. The molecule has 0 aliphatic carbocycles. The third kappa shape index (κ3) is 4.92. The van der Waals surface area contributed by atoms with Crippen LogP contribution in [0.4, 0.5) is 10.5 Å². The lowest BCUT2D eigenvalue weighted by Crippen LogP contribution is -2.49. The van der Waals surface area contributed by atoms with Crippen molar-refractivity contribution in [2.24, 2.45) is 0 Å². The molecule has 1 saturated heterocycles. The van der Waals surface area contributed by atoms with Crippen LogP contribution in [0.1, 0.15) is 11.1 Å². The highest BCUT2D eigenvalue weighted by molar-refractivity contribution is 7.88. The molecule has 0 aromatic heterocycles. The number of benzene rings is 1. The van der Waals surface area contributed by atoms with Crippen molar-refractivity contribution in [2.45, 2.75) is 13.0 Å². The average Bonchev–Trinajstić information content (AvgIpc) is 2.54. The normalized spacial score (nSPS) is 18.6. The van der Waals surface area contributed by atoms with Gasteiger partial charge in [-0.1, -0.05) is 6.07 Å². The molecule has 2 rings (SSSR count). The topological polar surface area (TPSA) is 112 Å². The summed E-state index contributed by atoms with van der Waals surface area (Å²) in [6.07, 6.45) is 0.756. The predicted octanol–water partition coefficient (Wildman–Crippen LogP) is 0.649. The van der Waals surface area contributed by atoms with E-state index < -0.39 is 22.2 Å². The lowest BCUT2D eigenvalue weighted by molar-refractivity contribution is 0.00167. The van der Waals surface area contributed by atoms with Crippen molar-refractivity contribution in [1.82, 2.24) is 9.62 Å². The summed E-state index contributed by atoms with van der Waals surface area (Å²) in [6, 6.07) is 6.67. The molecule has 0 saturated carbocycles. The highest BCUT2D eigenvalue weighted by Gasteiger charge is 2.26. The van der Waals surface area contributed by atoms with Gasteiger partial charge in [0.15, 0.2) is 0 Å².